The van der Waals surface area contributed by atoms with Crippen molar-refractivity contribution in [3.63, 3.8) is 0 Å². The molecular formula is C31H19NO3S. The molecule has 0 heterocycles. The summed E-state index contributed by atoms with van der Waals surface area (Å²) in [5, 5.41) is 12.0. The second-order valence-corrected chi connectivity index (χ2v) is 9.57. The van der Waals surface area contributed by atoms with Gasteiger partial charge in [-0.05, 0) is 77.7 Å². The minimum Gasteiger partial charge on any atom is -0.287 e. The molecular weight excluding hydrogens is 466 g/mol. The molecule has 0 bridgehead atoms. The van der Waals surface area contributed by atoms with Crippen molar-refractivity contribution in [3.8, 4) is 34.8 Å². The molecule has 1 aliphatic rings. The van der Waals surface area contributed by atoms with Crippen LogP contribution in [0.25, 0.3) is 11.1 Å². The summed E-state index contributed by atoms with van der Waals surface area (Å²) in [6.07, 6.45) is 0.596. The highest BCUT2D eigenvalue weighted by Gasteiger charge is 2.28. The molecule has 0 saturated carbocycles. The van der Waals surface area contributed by atoms with Crippen molar-refractivity contribution in [2.24, 2.45) is 0 Å². The van der Waals surface area contributed by atoms with Gasteiger partial charge in [-0.25, -0.2) is 0 Å². The van der Waals surface area contributed by atoms with Gasteiger partial charge in [0.05, 0.1) is 10.5 Å². The van der Waals surface area contributed by atoms with Crippen molar-refractivity contribution in [2.45, 2.75) is 18.2 Å². The van der Waals surface area contributed by atoms with E-state index in [0.29, 0.717) is 17.5 Å². The fourth-order valence-corrected chi connectivity index (χ4v) is 4.81. The Hall–Kier alpha value is -4.58. The van der Waals surface area contributed by atoms with E-state index >= 15 is 0 Å². The van der Waals surface area contributed by atoms with Crippen LogP contribution in [0.15, 0.2) is 89.8 Å². The zero-order valence-corrected chi connectivity index (χ0v) is 20.2. The minimum absolute atomic E-state index is 0.0450. The highest BCUT2D eigenvalue weighted by Crippen LogP contribution is 2.43. The van der Waals surface area contributed by atoms with Gasteiger partial charge in [0.2, 0.25) is 0 Å². The average molecular weight is 486 g/mol. The fourth-order valence-electron chi connectivity index (χ4n) is 4.20. The number of nitro benzene ring substituents is 1. The topological polar surface area (TPSA) is 60.2 Å². The molecule has 0 fully saturated rings. The fraction of sp³-hybridized carbons (Fsp3) is 0.0645. The molecule has 0 aromatic heterocycles. The van der Waals surface area contributed by atoms with E-state index in [1.807, 2.05) is 78.9 Å². The van der Waals surface area contributed by atoms with Crippen molar-refractivity contribution in [1.29, 1.82) is 0 Å². The molecule has 4 aromatic rings. The summed E-state index contributed by atoms with van der Waals surface area (Å²) in [6.45, 7) is 1.54. The molecule has 0 aliphatic heterocycles. The number of carbonyl (C=O) groups is 1. The zero-order valence-electron chi connectivity index (χ0n) is 19.4. The zero-order chi connectivity index (χ0) is 25.1. The molecule has 5 rings (SSSR count). The van der Waals surface area contributed by atoms with Crippen molar-refractivity contribution < 1.29 is 9.72 Å². The summed E-state index contributed by atoms with van der Waals surface area (Å²) in [4.78, 5) is 23.7. The Bertz CT molecular complexity index is 1630. The molecule has 5 heteroatoms. The van der Waals surface area contributed by atoms with Gasteiger partial charge < -0.3 is 0 Å². The van der Waals surface area contributed by atoms with E-state index < -0.39 is 0 Å². The number of nitrogens with zero attached hydrogens (tertiary/aromatic N) is 1. The van der Waals surface area contributed by atoms with Crippen LogP contribution < -0.4 is 0 Å². The Morgan fingerprint density at radius 3 is 2.08 bits per heavy atom. The number of hydrogen-bond donors (Lipinski definition) is 0. The van der Waals surface area contributed by atoms with Crippen LogP contribution in [0.4, 0.5) is 5.69 Å². The summed E-state index contributed by atoms with van der Waals surface area (Å²) in [5.41, 5.74) is 6.71. The maximum Gasteiger partial charge on any atom is 0.278 e. The standard InChI is InChI=1S/C31H19NO3S/c1-21(33)36-28-14-11-23(12-15-28)7-9-24-13-16-29-26(17-24)20-27-18-25(19-30(31(27)29)32(34)35)10-8-22-5-3-2-4-6-22/h2-6,11-19H,20H2,1H3. The second kappa shape index (κ2) is 9.96. The van der Waals surface area contributed by atoms with Gasteiger partial charge in [0.25, 0.3) is 5.69 Å². The van der Waals surface area contributed by atoms with Crippen LogP contribution in [0.1, 0.15) is 40.3 Å². The Morgan fingerprint density at radius 2 is 1.39 bits per heavy atom. The Morgan fingerprint density at radius 1 is 0.778 bits per heavy atom. The Balaban J connectivity index is 1.43. The van der Waals surface area contributed by atoms with Gasteiger partial charge in [-0.1, -0.05) is 59.7 Å². The smallest absolute Gasteiger partial charge is 0.278 e. The van der Waals surface area contributed by atoms with E-state index in [1.165, 1.54) is 18.7 Å². The van der Waals surface area contributed by atoms with Gasteiger partial charge in [-0.15, -0.1) is 0 Å². The minimum atomic E-state index is -0.330. The van der Waals surface area contributed by atoms with Gasteiger partial charge >= 0.3 is 0 Å². The number of fused-ring (bicyclic) bond motifs is 3. The molecule has 4 aromatic carbocycles. The molecule has 1 aliphatic carbocycles. The van der Waals surface area contributed by atoms with Crippen LogP contribution in [0, 0.1) is 33.8 Å². The molecule has 172 valence electrons. The maximum atomic E-state index is 11.9. The number of carbonyl (C=O) groups excluding carboxylic acids is 1. The highest BCUT2D eigenvalue weighted by atomic mass is 32.2. The van der Waals surface area contributed by atoms with Crippen LogP contribution in [-0.2, 0) is 11.2 Å². The van der Waals surface area contributed by atoms with Crippen molar-refractivity contribution >= 4 is 22.6 Å². The van der Waals surface area contributed by atoms with E-state index in [0.717, 1.165) is 38.3 Å². The molecule has 4 nitrogen and oxygen atoms in total. The van der Waals surface area contributed by atoms with Crippen LogP contribution in [0.5, 0.6) is 0 Å². The molecule has 0 unspecified atom stereocenters. The first-order valence-electron chi connectivity index (χ1n) is 11.3. The van der Waals surface area contributed by atoms with Crippen molar-refractivity contribution in [3.05, 3.63) is 128 Å². The van der Waals surface area contributed by atoms with E-state index in [1.54, 1.807) is 6.07 Å². The van der Waals surface area contributed by atoms with Gasteiger partial charge in [0.1, 0.15) is 0 Å². The first-order chi connectivity index (χ1) is 17.5. The molecule has 0 spiro atoms. The monoisotopic (exact) mass is 485 g/mol. The second-order valence-electron chi connectivity index (χ2n) is 8.32. The molecule has 0 amide bonds. The lowest BCUT2D eigenvalue weighted by Crippen LogP contribution is -1.94. The summed E-state index contributed by atoms with van der Waals surface area (Å²) in [5.74, 6) is 12.5. The summed E-state index contributed by atoms with van der Waals surface area (Å²) < 4.78 is 0. The largest absolute Gasteiger partial charge is 0.287 e. The molecule has 36 heavy (non-hydrogen) atoms. The first-order valence-corrected chi connectivity index (χ1v) is 12.1. The van der Waals surface area contributed by atoms with Gasteiger partial charge in [0, 0.05) is 40.1 Å². The first kappa shape index (κ1) is 23.2. The van der Waals surface area contributed by atoms with Gasteiger partial charge in [0.15, 0.2) is 5.12 Å². The lowest BCUT2D eigenvalue weighted by Gasteiger charge is -2.04. The molecule has 0 atom stereocenters. The van der Waals surface area contributed by atoms with E-state index in [2.05, 4.69) is 23.7 Å². The third kappa shape index (κ3) is 5.08. The van der Waals surface area contributed by atoms with Gasteiger partial charge in [-0.3, -0.25) is 14.9 Å². The van der Waals surface area contributed by atoms with E-state index in [9.17, 15) is 14.9 Å². The van der Waals surface area contributed by atoms with Crippen LogP contribution in [0.3, 0.4) is 0 Å². The molecule has 0 N–H and O–H groups in total. The predicted molar refractivity (Wildman–Crippen MR) is 143 cm³/mol. The average Bonchev–Trinajstić information content (AvgIpc) is 3.24. The number of benzene rings is 4. The van der Waals surface area contributed by atoms with E-state index in [4.69, 9.17) is 0 Å². The summed E-state index contributed by atoms with van der Waals surface area (Å²) in [6, 6.07) is 26.4. The summed E-state index contributed by atoms with van der Waals surface area (Å²) >= 11 is 1.19. The predicted octanol–water partition coefficient (Wildman–Crippen LogP) is 6.60. The van der Waals surface area contributed by atoms with Crippen LogP contribution >= 0.6 is 11.8 Å². The van der Waals surface area contributed by atoms with Crippen molar-refractivity contribution in [1.82, 2.24) is 0 Å². The van der Waals surface area contributed by atoms with E-state index in [-0.39, 0.29) is 15.7 Å². The number of hydrogen-bond acceptors (Lipinski definition) is 4. The highest BCUT2D eigenvalue weighted by molar-refractivity contribution is 8.13. The third-order valence-electron chi connectivity index (χ3n) is 5.74. The quantitative estimate of drug-likeness (QED) is 0.122. The number of thioether (sulfide) groups is 1. The third-order valence-corrected chi connectivity index (χ3v) is 6.54. The Labute approximate surface area is 213 Å². The Kier molecular flexibility index (Phi) is 6.41. The number of nitro groups is 1. The lowest BCUT2D eigenvalue weighted by molar-refractivity contribution is -0.384. The molecule has 0 saturated heterocycles. The lowest BCUT2D eigenvalue weighted by atomic mass is 10.00. The number of rotatable bonds is 2. The van der Waals surface area contributed by atoms with Crippen LogP contribution in [0.2, 0.25) is 0 Å². The SMILES string of the molecule is CC(=O)Sc1ccc(C#Cc2ccc3c(c2)Cc2cc(C#Cc4ccccc4)cc([N+](=O)[O-])c2-3)cc1. The summed E-state index contributed by atoms with van der Waals surface area (Å²) in [7, 11) is 0. The maximum absolute atomic E-state index is 11.9. The molecule has 0 radical (unpaired) electrons. The van der Waals surface area contributed by atoms with Crippen molar-refractivity contribution in [2.75, 3.05) is 0 Å². The van der Waals surface area contributed by atoms with Gasteiger partial charge in [-0.2, -0.15) is 0 Å². The van der Waals surface area contributed by atoms with Crippen LogP contribution in [-0.4, -0.2) is 10.0 Å². The normalized spacial score (nSPS) is 10.8.